The van der Waals surface area contributed by atoms with E-state index in [0.29, 0.717) is 0 Å². The number of hydrogen-bond donors (Lipinski definition) is 0. The first-order valence-electron chi connectivity index (χ1n) is 7.11. The number of likely N-dealkylation sites (N-methyl/N-ethyl adjacent to an activating group) is 1. The van der Waals surface area contributed by atoms with Crippen LogP contribution in [0.5, 0.6) is 0 Å². The molecular formula is C15H24N4. The van der Waals surface area contributed by atoms with Gasteiger partial charge in [0.15, 0.2) is 0 Å². The molecule has 1 fully saturated rings. The van der Waals surface area contributed by atoms with Gasteiger partial charge in [0.05, 0.1) is 6.20 Å². The Balaban J connectivity index is 0.000000637. The summed E-state index contributed by atoms with van der Waals surface area (Å²) in [5.41, 5.74) is 2.30. The van der Waals surface area contributed by atoms with Gasteiger partial charge in [-0.25, -0.2) is 4.98 Å². The molecule has 4 heteroatoms. The molecule has 0 aromatic carbocycles. The molecule has 1 aliphatic rings. The van der Waals surface area contributed by atoms with Crippen molar-refractivity contribution in [1.82, 2.24) is 14.3 Å². The van der Waals surface area contributed by atoms with Gasteiger partial charge in [-0.3, -0.25) is 4.40 Å². The second-order valence-corrected chi connectivity index (χ2v) is 4.84. The molecule has 0 radical (unpaired) electrons. The zero-order chi connectivity index (χ0) is 13.8. The van der Waals surface area contributed by atoms with Gasteiger partial charge in [0, 0.05) is 32.4 Å². The van der Waals surface area contributed by atoms with Crippen LogP contribution in [0.1, 0.15) is 19.4 Å². The van der Waals surface area contributed by atoms with E-state index in [1.165, 1.54) is 11.4 Å². The van der Waals surface area contributed by atoms with E-state index in [4.69, 9.17) is 0 Å². The second-order valence-electron chi connectivity index (χ2n) is 4.84. The Bertz CT molecular complexity index is 524. The van der Waals surface area contributed by atoms with Crippen molar-refractivity contribution in [3.63, 3.8) is 0 Å². The predicted octanol–water partition coefficient (Wildman–Crippen LogP) is 2.42. The summed E-state index contributed by atoms with van der Waals surface area (Å²) in [5.74, 6) is 1.22. The molecule has 1 aliphatic heterocycles. The number of piperazine rings is 1. The number of aromatic nitrogens is 2. The zero-order valence-electron chi connectivity index (χ0n) is 12.4. The lowest BCUT2D eigenvalue weighted by Gasteiger charge is -2.33. The fourth-order valence-electron chi connectivity index (χ4n) is 2.34. The first-order chi connectivity index (χ1) is 9.24. The number of pyridine rings is 1. The van der Waals surface area contributed by atoms with Crippen LogP contribution in [0.2, 0.25) is 0 Å². The van der Waals surface area contributed by atoms with Crippen LogP contribution in [-0.2, 0) is 0 Å². The molecule has 2 aromatic rings. The first kappa shape index (κ1) is 13.9. The highest BCUT2D eigenvalue weighted by Crippen LogP contribution is 2.18. The second kappa shape index (κ2) is 6.06. The molecule has 2 aromatic heterocycles. The Morgan fingerprint density at radius 2 is 1.74 bits per heavy atom. The molecule has 0 saturated carbocycles. The molecule has 4 nitrogen and oxygen atoms in total. The van der Waals surface area contributed by atoms with Gasteiger partial charge in [0.2, 0.25) is 0 Å². The summed E-state index contributed by atoms with van der Waals surface area (Å²) in [7, 11) is 2.18. The quantitative estimate of drug-likeness (QED) is 0.787. The largest absolute Gasteiger partial charge is 0.354 e. The zero-order valence-corrected chi connectivity index (χ0v) is 12.4. The molecule has 3 rings (SSSR count). The Labute approximate surface area is 115 Å². The molecule has 0 bridgehead atoms. The minimum atomic E-state index is 1.03. The van der Waals surface area contributed by atoms with Gasteiger partial charge < -0.3 is 9.80 Å². The van der Waals surface area contributed by atoms with Gasteiger partial charge in [-0.2, -0.15) is 0 Å². The van der Waals surface area contributed by atoms with E-state index in [1.807, 2.05) is 20.0 Å². The van der Waals surface area contributed by atoms with Crippen LogP contribution in [0, 0.1) is 6.92 Å². The number of imidazole rings is 1. The van der Waals surface area contributed by atoms with Gasteiger partial charge in [0.25, 0.3) is 0 Å². The highest BCUT2D eigenvalue weighted by atomic mass is 15.3. The maximum absolute atomic E-state index is 4.46. The molecule has 104 valence electrons. The lowest BCUT2D eigenvalue weighted by Crippen LogP contribution is -2.44. The normalized spacial score (nSPS) is 16.3. The summed E-state index contributed by atoms with van der Waals surface area (Å²) < 4.78 is 2.20. The SMILES string of the molecule is CC.Cc1ccc2ncc(N3CCN(C)CC3)n2c1. The van der Waals surface area contributed by atoms with Gasteiger partial charge in [-0.05, 0) is 25.6 Å². The molecule has 3 heterocycles. The van der Waals surface area contributed by atoms with E-state index in [1.54, 1.807) is 0 Å². The van der Waals surface area contributed by atoms with Gasteiger partial charge >= 0.3 is 0 Å². The molecule has 0 spiro atoms. The monoisotopic (exact) mass is 260 g/mol. The summed E-state index contributed by atoms with van der Waals surface area (Å²) in [5, 5.41) is 0. The van der Waals surface area contributed by atoms with E-state index in [2.05, 4.69) is 51.5 Å². The lowest BCUT2D eigenvalue weighted by molar-refractivity contribution is 0.312. The first-order valence-corrected chi connectivity index (χ1v) is 7.11. The third-order valence-corrected chi connectivity index (χ3v) is 3.46. The van der Waals surface area contributed by atoms with Crippen molar-refractivity contribution in [2.45, 2.75) is 20.8 Å². The average molecular weight is 260 g/mol. The highest BCUT2D eigenvalue weighted by molar-refractivity contribution is 5.52. The van der Waals surface area contributed by atoms with Crippen molar-refractivity contribution in [3.05, 3.63) is 30.1 Å². The average Bonchev–Trinajstić information content (AvgIpc) is 2.85. The fraction of sp³-hybridized carbons (Fsp3) is 0.533. The van der Waals surface area contributed by atoms with Gasteiger partial charge in [-0.1, -0.05) is 19.9 Å². The third-order valence-electron chi connectivity index (χ3n) is 3.46. The number of nitrogens with zero attached hydrogens (tertiary/aromatic N) is 4. The van der Waals surface area contributed by atoms with Crippen molar-refractivity contribution in [2.24, 2.45) is 0 Å². The summed E-state index contributed by atoms with van der Waals surface area (Å²) >= 11 is 0. The summed E-state index contributed by atoms with van der Waals surface area (Å²) in [6.07, 6.45) is 4.15. The van der Waals surface area contributed by atoms with Crippen LogP contribution in [0.3, 0.4) is 0 Å². The van der Waals surface area contributed by atoms with Crippen LogP contribution < -0.4 is 4.90 Å². The van der Waals surface area contributed by atoms with Crippen LogP contribution in [0.15, 0.2) is 24.5 Å². The summed E-state index contributed by atoms with van der Waals surface area (Å²) in [6, 6.07) is 4.19. The van der Waals surface area contributed by atoms with E-state index in [0.717, 1.165) is 31.8 Å². The predicted molar refractivity (Wildman–Crippen MR) is 81.0 cm³/mol. The summed E-state index contributed by atoms with van der Waals surface area (Å²) in [6.45, 7) is 10.5. The maximum Gasteiger partial charge on any atom is 0.138 e. The molecule has 0 aliphatic carbocycles. The third kappa shape index (κ3) is 2.89. The minimum absolute atomic E-state index is 1.03. The lowest BCUT2D eigenvalue weighted by atomic mass is 10.3. The van der Waals surface area contributed by atoms with Crippen molar-refractivity contribution in [3.8, 4) is 0 Å². The standard InChI is InChI=1S/C13H18N4.C2H6/c1-11-3-4-12-14-9-13(17(12)10-11)16-7-5-15(2)6-8-16;1-2/h3-4,9-10H,5-8H2,1-2H3;1-2H3. The molecule has 0 N–H and O–H groups in total. The number of rotatable bonds is 1. The minimum Gasteiger partial charge on any atom is -0.354 e. The Morgan fingerprint density at radius 1 is 1.05 bits per heavy atom. The van der Waals surface area contributed by atoms with Crippen LogP contribution in [-0.4, -0.2) is 47.5 Å². The molecule has 0 unspecified atom stereocenters. The molecule has 19 heavy (non-hydrogen) atoms. The van der Waals surface area contributed by atoms with Crippen molar-refractivity contribution in [1.29, 1.82) is 0 Å². The molecular weight excluding hydrogens is 236 g/mol. The van der Waals surface area contributed by atoms with E-state index >= 15 is 0 Å². The van der Waals surface area contributed by atoms with Gasteiger partial charge in [0.1, 0.15) is 11.5 Å². The van der Waals surface area contributed by atoms with Crippen LogP contribution in [0.4, 0.5) is 5.82 Å². The van der Waals surface area contributed by atoms with Gasteiger partial charge in [-0.15, -0.1) is 0 Å². The smallest absolute Gasteiger partial charge is 0.138 e. The Kier molecular flexibility index (Phi) is 4.43. The van der Waals surface area contributed by atoms with E-state index < -0.39 is 0 Å². The number of aryl methyl sites for hydroxylation is 1. The van der Waals surface area contributed by atoms with Crippen molar-refractivity contribution in [2.75, 3.05) is 38.1 Å². The van der Waals surface area contributed by atoms with E-state index in [-0.39, 0.29) is 0 Å². The van der Waals surface area contributed by atoms with Crippen molar-refractivity contribution >= 4 is 11.5 Å². The van der Waals surface area contributed by atoms with Crippen LogP contribution >= 0.6 is 0 Å². The Morgan fingerprint density at radius 3 is 2.42 bits per heavy atom. The summed E-state index contributed by atoms with van der Waals surface area (Å²) in [4.78, 5) is 9.24. The molecule has 0 atom stereocenters. The molecule has 1 saturated heterocycles. The Hall–Kier alpha value is -1.55. The topological polar surface area (TPSA) is 23.8 Å². The number of fused-ring (bicyclic) bond motifs is 1. The van der Waals surface area contributed by atoms with Crippen LogP contribution in [0.25, 0.3) is 5.65 Å². The van der Waals surface area contributed by atoms with E-state index in [9.17, 15) is 0 Å². The molecule has 0 amide bonds. The fourth-order valence-corrected chi connectivity index (χ4v) is 2.34. The highest BCUT2D eigenvalue weighted by Gasteiger charge is 2.17. The number of anilines is 1. The maximum atomic E-state index is 4.46. The van der Waals surface area contributed by atoms with Crippen molar-refractivity contribution < 1.29 is 0 Å². The number of hydrogen-bond acceptors (Lipinski definition) is 3.